The monoisotopic (exact) mass is 462 g/mol. The normalized spacial score (nSPS) is 11.1. The Bertz CT molecular complexity index is 1000. The summed E-state index contributed by atoms with van der Waals surface area (Å²) in [4.78, 5) is 12.2. The zero-order valence-electron chi connectivity index (χ0n) is 12.7. The predicted molar refractivity (Wildman–Crippen MR) is 104 cm³/mol. The van der Waals surface area contributed by atoms with Gasteiger partial charge in [0.2, 0.25) is 0 Å². The molecule has 0 heterocycles. The summed E-state index contributed by atoms with van der Waals surface area (Å²) < 4.78 is 1.03. The summed E-state index contributed by atoms with van der Waals surface area (Å²) in [6.07, 6.45) is 1.37. The van der Waals surface area contributed by atoms with Crippen molar-refractivity contribution in [3.8, 4) is 11.5 Å². The summed E-state index contributed by atoms with van der Waals surface area (Å²) in [6.45, 7) is 0. The fraction of sp³-hybridized carbons (Fsp3) is 0. The van der Waals surface area contributed by atoms with Crippen LogP contribution in [0.2, 0.25) is 0 Å². The number of phenols is 2. The Morgan fingerprint density at radius 1 is 1.08 bits per heavy atom. The van der Waals surface area contributed by atoms with Crippen molar-refractivity contribution < 1.29 is 15.0 Å². The third-order valence-corrected chi connectivity index (χ3v) is 4.64. The van der Waals surface area contributed by atoms with E-state index >= 15 is 0 Å². The van der Waals surface area contributed by atoms with Crippen LogP contribution >= 0.6 is 31.9 Å². The molecule has 0 unspecified atom stereocenters. The van der Waals surface area contributed by atoms with Gasteiger partial charge < -0.3 is 10.2 Å². The number of nitrogens with zero attached hydrogens (tertiary/aromatic N) is 1. The molecule has 25 heavy (non-hydrogen) atoms. The van der Waals surface area contributed by atoms with E-state index in [1.807, 2.05) is 24.3 Å². The molecular weight excluding hydrogens is 452 g/mol. The number of carbonyl (C=O) groups is 1. The minimum atomic E-state index is -0.574. The van der Waals surface area contributed by atoms with Gasteiger partial charge in [0.25, 0.3) is 5.91 Å². The van der Waals surface area contributed by atoms with Gasteiger partial charge in [-0.1, -0.05) is 46.3 Å². The van der Waals surface area contributed by atoms with Gasteiger partial charge in [-0.2, -0.15) is 5.10 Å². The number of phenolic OH excluding ortho intramolecular Hbond substituents is 2. The van der Waals surface area contributed by atoms with Crippen LogP contribution in [0.4, 0.5) is 0 Å². The van der Waals surface area contributed by atoms with Gasteiger partial charge in [-0.3, -0.25) is 4.79 Å². The van der Waals surface area contributed by atoms with Gasteiger partial charge in [-0.15, -0.1) is 0 Å². The second kappa shape index (κ2) is 7.25. The number of rotatable bonds is 3. The summed E-state index contributed by atoms with van der Waals surface area (Å²) >= 11 is 6.44. The largest absolute Gasteiger partial charge is 0.507 e. The van der Waals surface area contributed by atoms with E-state index in [4.69, 9.17) is 0 Å². The Labute approximate surface area is 160 Å². The van der Waals surface area contributed by atoms with E-state index in [1.54, 1.807) is 18.2 Å². The first-order valence-corrected chi connectivity index (χ1v) is 8.78. The van der Waals surface area contributed by atoms with Crippen LogP contribution in [-0.2, 0) is 0 Å². The lowest BCUT2D eigenvalue weighted by molar-refractivity contribution is 0.0952. The molecule has 0 aliphatic rings. The highest BCUT2D eigenvalue weighted by Gasteiger charge is 2.14. The highest BCUT2D eigenvalue weighted by Crippen LogP contribution is 2.31. The summed E-state index contributed by atoms with van der Waals surface area (Å²) in [7, 11) is 0. The highest BCUT2D eigenvalue weighted by molar-refractivity contribution is 9.11. The van der Waals surface area contributed by atoms with Crippen LogP contribution in [0.1, 0.15) is 15.9 Å². The lowest BCUT2D eigenvalue weighted by Gasteiger charge is -2.07. The van der Waals surface area contributed by atoms with Crippen LogP contribution in [-0.4, -0.2) is 22.3 Å². The zero-order valence-corrected chi connectivity index (χ0v) is 15.9. The van der Waals surface area contributed by atoms with Crippen molar-refractivity contribution in [1.82, 2.24) is 5.43 Å². The van der Waals surface area contributed by atoms with Gasteiger partial charge in [0, 0.05) is 10.0 Å². The van der Waals surface area contributed by atoms with E-state index in [1.165, 1.54) is 12.3 Å². The van der Waals surface area contributed by atoms with E-state index in [-0.39, 0.29) is 17.1 Å². The summed E-state index contributed by atoms with van der Waals surface area (Å²) in [5.74, 6) is -0.691. The quantitative estimate of drug-likeness (QED) is 0.394. The maximum Gasteiger partial charge on any atom is 0.275 e. The van der Waals surface area contributed by atoms with Crippen molar-refractivity contribution in [2.45, 2.75) is 0 Å². The Kier molecular flexibility index (Phi) is 5.06. The summed E-state index contributed by atoms with van der Waals surface area (Å²) in [5.41, 5.74) is 2.92. The molecule has 1 amide bonds. The van der Waals surface area contributed by atoms with Crippen LogP contribution in [0.3, 0.4) is 0 Å². The van der Waals surface area contributed by atoms with Crippen LogP contribution in [0.5, 0.6) is 11.5 Å². The molecule has 0 bridgehead atoms. The number of nitrogens with one attached hydrogen (secondary N) is 1. The predicted octanol–water partition coefficient (Wildman–Crippen LogP) is 4.54. The zero-order chi connectivity index (χ0) is 18.0. The Morgan fingerprint density at radius 2 is 1.84 bits per heavy atom. The fourth-order valence-electron chi connectivity index (χ4n) is 2.37. The van der Waals surface area contributed by atoms with Crippen molar-refractivity contribution >= 4 is 54.8 Å². The van der Waals surface area contributed by atoms with Crippen molar-refractivity contribution in [2.75, 3.05) is 0 Å². The van der Waals surface area contributed by atoms with Crippen molar-refractivity contribution in [3.63, 3.8) is 0 Å². The molecule has 3 N–H and O–H groups in total. The molecule has 7 heteroatoms. The molecule has 0 atom stereocenters. The van der Waals surface area contributed by atoms with Crippen molar-refractivity contribution in [3.05, 3.63) is 68.6 Å². The average Bonchev–Trinajstić information content (AvgIpc) is 2.59. The molecule has 5 nitrogen and oxygen atoms in total. The second-order valence-electron chi connectivity index (χ2n) is 5.20. The number of fused-ring (bicyclic) bond motifs is 1. The molecular formula is C18H12Br2N2O3. The Morgan fingerprint density at radius 3 is 2.64 bits per heavy atom. The summed E-state index contributed by atoms with van der Waals surface area (Å²) in [6, 6.07) is 14.0. The molecule has 0 spiro atoms. The van der Waals surface area contributed by atoms with Crippen LogP contribution < -0.4 is 5.43 Å². The van der Waals surface area contributed by atoms with E-state index < -0.39 is 5.91 Å². The average molecular weight is 464 g/mol. The molecule has 0 radical (unpaired) electrons. The first-order chi connectivity index (χ1) is 12.0. The number of hydrogen-bond donors (Lipinski definition) is 3. The Balaban J connectivity index is 1.87. The Hall–Kier alpha value is -2.38. The third kappa shape index (κ3) is 3.67. The molecule has 0 saturated carbocycles. The first kappa shape index (κ1) is 17.4. The second-order valence-corrected chi connectivity index (χ2v) is 6.97. The molecule has 0 saturated heterocycles. The lowest BCUT2D eigenvalue weighted by atomic mass is 10.0. The van der Waals surface area contributed by atoms with E-state index in [0.717, 1.165) is 10.8 Å². The topological polar surface area (TPSA) is 81.9 Å². The van der Waals surface area contributed by atoms with Crippen molar-refractivity contribution in [1.29, 1.82) is 0 Å². The number of halogens is 2. The van der Waals surface area contributed by atoms with Gasteiger partial charge in [0.05, 0.1) is 16.3 Å². The van der Waals surface area contributed by atoms with Gasteiger partial charge in [-0.25, -0.2) is 5.43 Å². The van der Waals surface area contributed by atoms with Gasteiger partial charge in [0.15, 0.2) is 0 Å². The molecule has 0 fully saturated rings. The van der Waals surface area contributed by atoms with E-state index in [9.17, 15) is 15.0 Å². The molecule has 0 aliphatic heterocycles. The standard InChI is InChI=1S/C18H12Br2N2O3/c19-11-7-13(17(24)15(20)8-11)18(25)22-21-9-14-12-4-2-1-3-10(12)5-6-16(14)23/h1-9,23-24H,(H,22,25)/b21-9-. The van der Waals surface area contributed by atoms with E-state index in [2.05, 4.69) is 42.4 Å². The highest BCUT2D eigenvalue weighted by atomic mass is 79.9. The summed E-state index contributed by atoms with van der Waals surface area (Å²) in [5, 5.41) is 25.7. The number of carbonyl (C=O) groups excluding carboxylic acids is 1. The number of amides is 1. The molecule has 3 aromatic carbocycles. The lowest BCUT2D eigenvalue weighted by Crippen LogP contribution is -2.18. The number of hydrazone groups is 1. The minimum Gasteiger partial charge on any atom is -0.507 e. The fourth-order valence-corrected chi connectivity index (χ4v) is 3.60. The number of benzene rings is 3. The minimum absolute atomic E-state index is 0.0600. The third-order valence-electron chi connectivity index (χ3n) is 3.58. The van der Waals surface area contributed by atoms with Crippen LogP contribution in [0.25, 0.3) is 10.8 Å². The van der Waals surface area contributed by atoms with Crippen LogP contribution in [0.15, 0.2) is 62.6 Å². The van der Waals surface area contributed by atoms with Crippen LogP contribution in [0, 0.1) is 0 Å². The van der Waals surface area contributed by atoms with Gasteiger partial charge >= 0.3 is 0 Å². The molecule has 3 rings (SSSR count). The maximum atomic E-state index is 12.2. The smallest absolute Gasteiger partial charge is 0.275 e. The SMILES string of the molecule is O=C(N/N=C\c1c(O)ccc2ccccc12)c1cc(Br)cc(Br)c1O. The number of hydrogen-bond acceptors (Lipinski definition) is 4. The van der Waals surface area contributed by atoms with Gasteiger partial charge in [-0.05, 0) is 44.9 Å². The van der Waals surface area contributed by atoms with Gasteiger partial charge in [0.1, 0.15) is 11.5 Å². The molecule has 0 aliphatic carbocycles. The number of aromatic hydroxyl groups is 2. The van der Waals surface area contributed by atoms with Crippen molar-refractivity contribution in [2.24, 2.45) is 5.10 Å². The molecule has 3 aromatic rings. The first-order valence-electron chi connectivity index (χ1n) is 7.19. The molecule has 0 aromatic heterocycles. The van der Waals surface area contributed by atoms with E-state index in [0.29, 0.717) is 14.5 Å². The maximum absolute atomic E-state index is 12.2. The molecule has 126 valence electrons.